The SMILES string of the molecule is O=C(OCc1ccccc1)N1CCN[C@H](CCSc2ccccc2)C1. The second-order valence-electron chi connectivity index (χ2n) is 6.09. The topological polar surface area (TPSA) is 41.6 Å². The first-order chi connectivity index (χ1) is 12.3. The largest absolute Gasteiger partial charge is 0.445 e. The Bertz CT molecular complexity index is 651. The Balaban J connectivity index is 1.40. The minimum atomic E-state index is -0.217. The average molecular weight is 356 g/mol. The highest BCUT2D eigenvalue weighted by Gasteiger charge is 2.24. The number of benzene rings is 2. The Kier molecular flexibility index (Phi) is 6.77. The molecule has 0 bridgehead atoms. The summed E-state index contributed by atoms with van der Waals surface area (Å²) >= 11 is 1.86. The Morgan fingerprint density at radius 1 is 1.12 bits per heavy atom. The molecule has 1 fully saturated rings. The van der Waals surface area contributed by atoms with Gasteiger partial charge in [0.1, 0.15) is 6.61 Å². The van der Waals surface area contributed by atoms with Crippen molar-refractivity contribution in [2.45, 2.75) is 24.0 Å². The first kappa shape index (κ1) is 17.8. The van der Waals surface area contributed by atoms with E-state index < -0.39 is 0 Å². The third-order valence-corrected chi connectivity index (χ3v) is 5.24. The fourth-order valence-electron chi connectivity index (χ4n) is 2.83. The molecule has 25 heavy (non-hydrogen) atoms. The first-order valence-corrected chi connectivity index (χ1v) is 9.67. The van der Waals surface area contributed by atoms with E-state index in [1.54, 1.807) is 0 Å². The van der Waals surface area contributed by atoms with E-state index in [1.807, 2.05) is 53.1 Å². The molecule has 0 spiro atoms. The maximum absolute atomic E-state index is 12.3. The van der Waals surface area contributed by atoms with Crippen LogP contribution in [0.2, 0.25) is 0 Å². The Hall–Kier alpha value is -1.98. The molecule has 0 saturated carbocycles. The summed E-state index contributed by atoms with van der Waals surface area (Å²) in [6.07, 6.45) is 0.813. The number of piperazine rings is 1. The van der Waals surface area contributed by atoms with Crippen molar-refractivity contribution in [1.29, 1.82) is 0 Å². The molecule has 132 valence electrons. The molecule has 0 aliphatic carbocycles. The summed E-state index contributed by atoms with van der Waals surface area (Å²) in [6.45, 7) is 2.57. The predicted octanol–water partition coefficient (Wildman–Crippen LogP) is 3.78. The predicted molar refractivity (Wildman–Crippen MR) is 102 cm³/mol. The van der Waals surface area contributed by atoms with E-state index in [9.17, 15) is 4.79 Å². The van der Waals surface area contributed by atoms with Crippen molar-refractivity contribution in [2.75, 3.05) is 25.4 Å². The Morgan fingerprint density at radius 2 is 1.84 bits per heavy atom. The number of carbonyl (C=O) groups is 1. The molecule has 0 aromatic heterocycles. The van der Waals surface area contributed by atoms with Gasteiger partial charge in [-0.05, 0) is 29.9 Å². The van der Waals surface area contributed by atoms with E-state index in [1.165, 1.54) is 4.90 Å². The van der Waals surface area contributed by atoms with Gasteiger partial charge in [0.15, 0.2) is 0 Å². The van der Waals surface area contributed by atoms with Gasteiger partial charge < -0.3 is 15.0 Å². The van der Waals surface area contributed by atoms with E-state index in [0.29, 0.717) is 25.7 Å². The lowest BCUT2D eigenvalue weighted by molar-refractivity contribution is 0.0847. The summed E-state index contributed by atoms with van der Waals surface area (Å²) in [7, 11) is 0. The molecule has 3 rings (SSSR count). The van der Waals surface area contributed by atoms with Gasteiger partial charge in [-0.25, -0.2) is 4.79 Å². The smallest absolute Gasteiger partial charge is 0.410 e. The molecule has 1 saturated heterocycles. The average Bonchev–Trinajstić information content (AvgIpc) is 2.68. The number of carbonyl (C=O) groups excluding carboxylic acids is 1. The van der Waals surface area contributed by atoms with Gasteiger partial charge in [-0.2, -0.15) is 0 Å². The molecular formula is C20H24N2O2S. The van der Waals surface area contributed by atoms with Gasteiger partial charge in [0.25, 0.3) is 0 Å². The molecule has 0 unspecified atom stereocenters. The monoisotopic (exact) mass is 356 g/mol. The summed E-state index contributed by atoms with van der Waals surface area (Å²) in [5, 5.41) is 3.50. The van der Waals surface area contributed by atoms with Gasteiger partial charge in [-0.15, -0.1) is 11.8 Å². The van der Waals surface area contributed by atoms with Crippen LogP contribution in [0.25, 0.3) is 0 Å². The maximum Gasteiger partial charge on any atom is 0.410 e. The van der Waals surface area contributed by atoms with Crippen LogP contribution in [0.15, 0.2) is 65.6 Å². The van der Waals surface area contributed by atoms with Crippen LogP contribution in [-0.4, -0.2) is 42.4 Å². The summed E-state index contributed by atoms with van der Waals surface area (Å²) in [5.74, 6) is 1.04. The number of nitrogens with zero attached hydrogens (tertiary/aromatic N) is 1. The van der Waals surface area contributed by atoms with Crippen LogP contribution in [0.4, 0.5) is 4.79 Å². The highest BCUT2D eigenvalue weighted by atomic mass is 32.2. The molecule has 4 nitrogen and oxygen atoms in total. The number of nitrogens with one attached hydrogen (secondary N) is 1. The molecule has 1 aliphatic heterocycles. The van der Waals surface area contributed by atoms with Crippen LogP contribution < -0.4 is 5.32 Å². The Morgan fingerprint density at radius 3 is 2.60 bits per heavy atom. The molecule has 0 radical (unpaired) electrons. The fourth-order valence-corrected chi connectivity index (χ4v) is 3.82. The number of hydrogen-bond acceptors (Lipinski definition) is 4. The third-order valence-electron chi connectivity index (χ3n) is 4.20. The van der Waals surface area contributed by atoms with Crippen molar-refractivity contribution in [2.24, 2.45) is 0 Å². The minimum absolute atomic E-state index is 0.217. The van der Waals surface area contributed by atoms with E-state index in [0.717, 1.165) is 24.3 Å². The van der Waals surface area contributed by atoms with E-state index in [2.05, 4.69) is 29.6 Å². The third kappa shape index (κ3) is 5.80. The quantitative estimate of drug-likeness (QED) is 0.800. The molecule has 1 N–H and O–H groups in total. The Labute approximate surface area is 153 Å². The van der Waals surface area contributed by atoms with Gasteiger partial charge >= 0.3 is 6.09 Å². The fraction of sp³-hybridized carbons (Fsp3) is 0.350. The maximum atomic E-state index is 12.3. The highest BCUT2D eigenvalue weighted by Crippen LogP contribution is 2.19. The summed E-state index contributed by atoms with van der Waals surface area (Å²) < 4.78 is 5.44. The zero-order valence-corrected chi connectivity index (χ0v) is 15.1. The molecule has 2 aromatic carbocycles. The van der Waals surface area contributed by atoms with Gasteiger partial charge in [0, 0.05) is 30.6 Å². The van der Waals surface area contributed by atoms with Crippen molar-refractivity contribution in [3.05, 3.63) is 66.2 Å². The number of thioether (sulfide) groups is 1. The van der Waals surface area contributed by atoms with Gasteiger partial charge in [-0.3, -0.25) is 0 Å². The standard InChI is InChI=1S/C20H24N2O2S/c23-20(24-16-17-7-3-1-4-8-17)22-13-12-21-18(15-22)11-14-25-19-9-5-2-6-10-19/h1-10,18,21H,11-16H2/t18-/m1/s1. The molecule has 1 aliphatic rings. The van der Waals surface area contributed by atoms with Crippen LogP contribution >= 0.6 is 11.8 Å². The van der Waals surface area contributed by atoms with Crippen molar-refractivity contribution < 1.29 is 9.53 Å². The molecule has 1 amide bonds. The number of rotatable bonds is 6. The molecule has 5 heteroatoms. The zero-order valence-electron chi connectivity index (χ0n) is 14.3. The summed E-state index contributed by atoms with van der Waals surface area (Å²) in [4.78, 5) is 15.4. The van der Waals surface area contributed by atoms with Crippen molar-refractivity contribution >= 4 is 17.9 Å². The molecule has 1 heterocycles. The van der Waals surface area contributed by atoms with E-state index in [4.69, 9.17) is 4.74 Å². The highest BCUT2D eigenvalue weighted by molar-refractivity contribution is 7.99. The summed E-state index contributed by atoms with van der Waals surface area (Å²) in [6, 6.07) is 20.5. The molecule has 2 aromatic rings. The van der Waals surface area contributed by atoms with Crippen LogP contribution in [-0.2, 0) is 11.3 Å². The van der Waals surface area contributed by atoms with Gasteiger partial charge in [0.2, 0.25) is 0 Å². The van der Waals surface area contributed by atoms with Crippen LogP contribution in [0.1, 0.15) is 12.0 Å². The van der Waals surface area contributed by atoms with Crippen LogP contribution in [0.3, 0.4) is 0 Å². The zero-order chi connectivity index (χ0) is 17.3. The van der Waals surface area contributed by atoms with E-state index >= 15 is 0 Å². The van der Waals surface area contributed by atoms with E-state index in [-0.39, 0.29) is 6.09 Å². The van der Waals surface area contributed by atoms with Crippen molar-refractivity contribution in [3.8, 4) is 0 Å². The second-order valence-corrected chi connectivity index (χ2v) is 7.26. The minimum Gasteiger partial charge on any atom is -0.445 e. The van der Waals surface area contributed by atoms with Crippen LogP contribution in [0, 0.1) is 0 Å². The molecular weight excluding hydrogens is 332 g/mol. The lowest BCUT2D eigenvalue weighted by Crippen LogP contribution is -2.52. The van der Waals surface area contributed by atoms with Crippen LogP contribution in [0.5, 0.6) is 0 Å². The number of ether oxygens (including phenoxy) is 1. The molecule has 1 atom stereocenters. The lowest BCUT2D eigenvalue weighted by Gasteiger charge is -2.33. The second kappa shape index (κ2) is 9.49. The number of hydrogen-bond donors (Lipinski definition) is 1. The first-order valence-electron chi connectivity index (χ1n) is 8.68. The van der Waals surface area contributed by atoms with Gasteiger partial charge in [-0.1, -0.05) is 48.5 Å². The van der Waals surface area contributed by atoms with Gasteiger partial charge in [0.05, 0.1) is 0 Å². The van der Waals surface area contributed by atoms with Crippen molar-refractivity contribution in [1.82, 2.24) is 10.2 Å². The van der Waals surface area contributed by atoms with Crippen molar-refractivity contribution in [3.63, 3.8) is 0 Å². The normalized spacial score (nSPS) is 17.3. The number of amides is 1. The lowest BCUT2D eigenvalue weighted by atomic mass is 10.2. The summed E-state index contributed by atoms with van der Waals surface area (Å²) in [5.41, 5.74) is 1.02.